The van der Waals surface area contributed by atoms with Crippen LogP contribution < -0.4 is 10.6 Å². The van der Waals surface area contributed by atoms with E-state index in [2.05, 4.69) is 42.6 Å². The highest BCUT2D eigenvalue weighted by atomic mass is 79.9. The van der Waals surface area contributed by atoms with Gasteiger partial charge in [0, 0.05) is 33.9 Å². The maximum Gasteiger partial charge on any atom is 0.229 e. The fourth-order valence-electron chi connectivity index (χ4n) is 2.82. The molecule has 3 rings (SSSR count). The van der Waals surface area contributed by atoms with E-state index in [9.17, 15) is 4.79 Å². The van der Waals surface area contributed by atoms with Crippen LogP contribution >= 0.6 is 15.9 Å². The molecule has 27 heavy (non-hydrogen) atoms. The van der Waals surface area contributed by atoms with Crippen LogP contribution in [0.3, 0.4) is 0 Å². The number of ketones is 1. The lowest BCUT2D eigenvalue weighted by Gasteiger charge is -2.27. The molecule has 1 aromatic carbocycles. The summed E-state index contributed by atoms with van der Waals surface area (Å²) in [6, 6.07) is 7.71. The van der Waals surface area contributed by atoms with Crippen LogP contribution in [0.2, 0.25) is 0 Å². The van der Waals surface area contributed by atoms with E-state index in [4.69, 9.17) is 10.00 Å². The van der Waals surface area contributed by atoms with Crippen LogP contribution in [0.25, 0.3) is 0 Å². The molecule has 7 nitrogen and oxygen atoms in total. The Kier molecular flexibility index (Phi) is 6.04. The van der Waals surface area contributed by atoms with Crippen LogP contribution in [0, 0.1) is 24.2 Å². The Morgan fingerprint density at radius 1 is 1.44 bits per heavy atom. The zero-order valence-electron chi connectivity index (χ0n) is 15.1. The van der Waals surface area contributed by atoms with Gasteiger partial charge in [-0.05, 0) is 38.5 Å². The van der Waals surface area contributed by atoms with Crippen molar-refractivity contribution in [2.24, 2.45) is 5.92 Å². The van der Waals surface area contributed by atoms with Gasteiger partial charge in [0.2, 0.25) is 5.95 Å². The number of halogens is 1. The van der Waals surface area contributed by atoms with E-state index >= 15 is 0 Å². The summed E-state index contributed by atoms with van der Waals surface area (Å²) in [4.78, 5) is 20.5. The van der Waals surface area contributed by atoms with Crippen molar-refractivity contribution < 1.29 is 9.53 Å². The van der Waals surface area contributed by atoms with Gasteiger partial charge in [0.15, 0.2) is 5.78 Å². The lowest BCUT2D eigenvalue weighted by molar-refractivity contribution is 0.0194. The average Bonchev–Trinajstić information content (AvgIpc) is 2.66. The second-order valence-corrected chi connectivity index (χ2v) is 7.31. The molecule has 0 radical (unpaired) electrons. The lowest BCUT2D eigenvalue weighted by Crippen LogP contribution is -2.32. The first-order valence-corrected chi connectivity index (χ1v) is 9.44. The Bertz CT molecular complexity index is 896. The molecule has 0 bridgehead atoms. The number of carbonyl (C=O) groups is 1. The molecule has 2 aromatic rings. The topological polar surface area (TPSA) is 99.9 Å². The van der Waals surface area contributed by atoms with Gasteiger partial charge < -0.3 is 15.4 Å². The molecule has 8 heteroatoms. The third-order valence-electron chi connectivity index (χ3n) is 4.34. The fraction of sp³-hybridized carbons (Fsp3) is 0.368. The van der Waals surface area contributed by atoms with Crippen LogP contribution in [0.15, 0.2) is 28.9 Å². The van der Waals surface area contributed by atoms with E-state index in [1.807, 2.05) is 19.1 Å². The summed E-state index contributed by atoms with van der Waals surface area (Å²) in [7, 11) is 0. The molecule has 1 saturated heterocycles. The van der Waals surface area contributed by atoms with E-state index in [0.29, 0.717) is 30.4 Å². The summed E-state index contributed by atoms with van der Waals surface area (Å²) < 4.78 is 6.44. The van der Waals surface area contributed by atoms with Crippen LogP contribution in [0.5, 0.6) is 0 Å². The summed E-state index contributed by atoms with van der Waals surface area (Å²) in [5.74, 6) is 1.02. The number of nitrogens with one attached hydrogen (secondary N) is 2. The first-order valence-electron chi connectivity index (χ1n) is 8.65. The molecule has 2 heterocycles. The zero-order chi connectivity index (χ0) is 19.4. The first-order chi connectivity index (χ1) is 13.0. The monoisotopic (exact) mass is 429 g/mol. The Morgan fingerprint density at radius 3 is 3.00 bits per heavy atom. The molecule has 2 N–H and O–H groups in total. The van der Waals surface area contributed by atoms with E-state index in [1.54, 1.807) is 12.3 Å². The molecule has 0 aliphatic carbocycles. The minimum absolute atomic E-state index is 0.0104. The molecule has 2 unspecified atom stereocenters. The van der Waals surface area contributed by atoms with Crippen molar-refractivity contribution in [1.29, 1.82) is 5.26 Å². The quantitative estimate of drug-likeness (QED) is 0.687. The molecule has 1 aromatic heterocycles. The Labute approximate surface area is 166 Å². The lowest BCUT2D eigenvalue weighted by atomic mass is 10.0. The molecule has 1 aliphatic heterocycles. The van der Waals surface area contributed by atoms with E-state index in [-0.39, 0.29) is 17.9 Å². The minimum atomic E-state index is -0.248. The maximum atomic E-state index is 11.7. The predicted molar refractivity (Wildman–Crippen MR) is 106 cm³/mol. The number of nitrogens with zero attached hydrogens (tertiary/aromatic N) is 3. The van der Waals surface area contributed by atoms with Gasteiger partial charge in [-0.25, -0.2) is 4.98 Å². The van der Waals surface area contributed by atoms with Crippen molar-refractivity contribution in [3.05, 3.63) is 40.0 Å². The maximum absolute atomic E-state index is 11.7. The molecule has 0 saturated carbocycles. The van der Waals surface area contributed by atoms with Crippen molar-refractivity contribution in [3.63, 3.8) is 0 Å². The minimum Gasteiger partial charge on any atom is -0.358 e. The van der Waals surface area contributed by atoms with Crippen LogP contribution in [0.4, 0.5) is 17.5 Å². The molecule has 140 valence electrons. The molecular weight excluding hydrogens is 410 g/mol. The van der Waals surface area contributed by atoms with Gasteiger partial charge in [-0.15, -0.1) is 0 Å². The molecule has 2 atom stereocenters. The van der Waals surface area contributed by atoms with Crippen molar-refractivity contribution >= 4 is 39.2 Å². The second-order valence-electron chi connectivity index (χ2n) is 6.46. The van der Waals surface area contributed by atoms with Crippen molar-refractivity contribution in [2.45, 2.75) is 32.9 Å². The summed E-state index contributed by atoms with van der Waals surface area (Å²) in [5.41, 5.74) is 2.18. The summed E-state index contributed by atoms with van der Waals surface area (Å²) in [5, 5.41) is 15.5. The number of ether oxygens (including phenoxy) is 1. The van der Waals surface area contributed by atoms with Crippen molar-refractivity contribution in [2.75, 3.05) is 17.2 Å². The van der Waals surface area contributed by atoms with Crippen LogP contribution in [-0.2, 0) is 4.74 Å². The number of carbonyl (C=O) groups excluding carboxylic acids is 1. The van der Waals surface area contributed by atoms with Gasteiger partial charge in [-0.1, -0.05) is 15.9 Å². The highest BCUT2D eigenvalue weighted by molar-refractivity contribution is 9.10. The second kappa shape index (κ2) is 8.46. The van der Waals surface area contributed by atoms with Crippen LogP contribution in [0.1, 0.15) is 35.7 Å². The van der Waals surface area contributed by atoms with Crippen LogP contribution in [-0.4, -0.2) is 28.6 Å². The third kappa shape index (κ3) is 4.81. The Morgan fingerprint density at radius 2 is 2.26 bits per heavy atom. The SMILES string of the molecule is CC(=O)c1cc(Nc2ncc(C)c(NC3CC(C#N)CCO3)n2)ccc1Br. The molecule has 1 fully saturated rings. The third-order valence-corrected chi connectivity index (χ3v) is 5.03. The molecule has 0 spiro atoms. The normalized spacial score (nSPS) is 19.2. The molecule has 1 aliphatic rings. The number of anilines is 3. The number of hydrogen-bond acceptors (Lipinski definition) is 7. The smallest absolute Gasteiger partial charge is 0.229 e. The van der Waals surface area contributed by atoms with Gasteiger partial charge in [0.25, 0.3) is 0 Å². The van der Waals surface area contributed by atoms with Gasteiger partial charge in [-0.2, -0.15) is 10.2 Å². The first kappa shape index (κ1) is 19.3. The zero-order valence-corrected chi connectivity index (χ0v) is 16.7. The number of hydrogen-bond donors (Lipinski definition) is 2. The Balaban J connectivity index is 1.76. The van der Waals surface area contributed by atoms with Gasteiger partial charge in [-0.3, -0.25) is 4.79 Å². The summed E-state index contributed by atoms with van der Waals surface area (Å²) >= 11 is 3.38. The number of aryl methyl sites for hydroxylation is 1. The van der Waals surface area contributed by atoms with E-state index in [1.165, 1.54) is 6.92 Å². The summed E-state index contributed by atoms with van der Waals surface area (Å²) in [6.45, 7) is 3.98. The van der Waals surface area contributed by atoms with E-state index < -0.39 is 0 Å². The van der Waals surface area contributed by atoms with E-state index in [0.717, 1.165) is 22.1 Å². The highest BCUT2D eigenvalue weighted by Crippen LogP contribution is 2.25. The highest BCUT2D eigenvalue weighted by Gasteiger charge is 2.23. The predicted octanol–water partition coefficient (Wildman–Crippen LogP) is 4.18. The summed E-state index contributed by atoms with van der Waals surface area (Å²) in [6.07, 6.45) is 2.85. The number of Topliss-reactive ketones (excluding diaryl/α,β-unsaturated/α-hetero) is 1. The Hall–Kier alpha value is -2.50. The number of aromatic nitrogens is 2. The fourth-order valence-corrected chi connectivity index (χ4v) is 3.34. The van der Waals surface area contributed by atoms with Gasteiger partial charge >= 0.3 is 0 Å². The number of nitriles is 1. The van der Waals surface area contributed by atoms with Gasteiger partial charge in [0.05, 0.1) is 18.6 Å². The number of rotatable bonds is 5. The van der Waals surface area contributed by atoms with Gasteiger partial charge in [0.1, 0.15) is 12.0 Å². The average molecular weight is 430 g/mol. The largest absolute Gasteiger partial charge is 0.358 e. The molecule has 0 amide bonds. The standard InChI is InChI=1S/C19H20BrN5O2/c1-11-10-22-19(23-14-3-4-16(20)15(8-14)12(2)26)25-18(11)24-17-7-13(9-21)5-6-27-17/h3-4,8,10,13,17H,5-7H2,1-2H3,(H2,22,23,24,25). The van der Waals surface area contributed by atoms with Crippen molar-refractivity contribution in [3.8, 4) is 6.07 Å². The molecular formula is C19H20BrN5O2. The van der Waals surface area contributed by atoms with Crippen molar-refractivity contribution in [1.82, 2.24) is 9.97 Å². The number of benzene rings is 1.